The van der Waals surface area contributed by atoms with Crippen molar-refractivity contribution in [2.75, 3.05) is 18.0 Å². The van der Waals surface area contributed by atoms with E-state index in [1.807, 2.05) is 6.07 Å². The monoisotopic (exact) mass is 336 g/mol. The van der Waals surface area contributed by atoms with Gasteiger partial charge in [0.05, 0.1) is 5.56 Å². The summed E-state index contributed by atoms with van der Waals surface area (Å²) in [4.78, 5) is 2.44. The second-order valence-corrected chi connectivity index (χ2v) is 6.98. The molecule has 0 saturated heterocycles. The Labute approximate surface area is 131 Å². The van der Waals surface area contributed by atoms with E-state index >= 15 is 0 Å². The number of nitriles is 1. The molecular weight excluding hydrogens is 312 g/mol. The minimum Gasteiger partial charge on any atom is -0.371 e. The van der Waals surface area contributed by atoms with Crippen LogP contribution in [-0.2, 0) is 0 Å². The van der Waals surface area contributed by atoms with E-state index in [1.54, 1.807) is 0 Å². The summed E-state index contributed by atoms with van der Waals surface area (Å²) in [5, 5.41) is 9.01. The number of halogens is 1. The van der Waals surface area contributed by atoms with E-state index in [1.165, 1.54) is 18.5 Å². The molecule has 110 valence electrons. The van der Waals surface area contributed by atoms with Crippen LogP contribution in [-0.4, -0.2) is 13.1 Å². The highest BCUT2D eigenvalue weighted by Gasteiger charge is 2.10. The quantitative estimate of drug-likeness (QED) is 0.682. The summed E-state index contributed by atoms with van der Waals surface area (Å²) in [6, 6.07) is 8.22. The minimum atomic E-state index is 0.696. The van der Waals surface area contributed by atoms with Crippen molar-refractivity contribution < 1.29 is 0 Å². The van der Waals surface area contributed by atoms with Crippen LogP contribution in [0.5, 0.6) is 0 Å². The highest BCUT2D eigenvalue weighted by Crippen LogP contribution is 2.25. The lowest BCUT2D eigenvalue weighted by molar-refractivity contribution is 0.535. The van der Waals surface area contributed by atoms with Gasteiger partial charge in [0, 0.05) is 23.2 Å². The van der Waals surface area contributed by atoms with E-state index in [9.17, 15) is 0 Å². The Morgan fingerprint density at radius 2 is 1.65 bits per heavy atom. The van der Waals surface area contributed by atoms with Gasteiger partial charge in [0.1, 0.15) is 6.07 Å². The van der Waals surface area contributed by atoms with E-state index in [2.05, 4.69) is 66.7 Å². The van der Waals surface area contributed by atoms with Crippen LogP contribution in [0.2, 0.25) is 0 Å². The summed E-state index contributed by atoms with van der Waals surface area (Å²) >= 11 is 3.49. The molecule has 0 N–H and O–H groups in total. The molecule has 0 bridgehead atoms. The lowest BCUT2D eigenvalue weighted by Crippen LogP contribution is -2.27. The Morgan fingerprint density at radius 1 is 1.10 bits per heavy atom. The Kier molecular flexibility index (Phi) is 7.09. The smallest absolute Gasteiger partial charge is 0.100 e. The number of hydrogen-bond donors (Lipinski definition) is 0. The van der Waals surface area contributed by atoms with Crippen LogP contribution >= 0.6 is 15.9 Å². The molecule has 0 spiro atoms. The second-order valence-electron chi connectivity index (χ2n) is 6.13. The number of anilines is 1. The van der Waals surface area contributed by atoms with Gasteiger partial charge in [0.25, 0.3) is 0 Å². The van der Waals surface area contributed by atoms with Crippen LogP contribution in [0, 0.1) is 23.2 Å². The van der Waals surface area contributed by atoms with Crippen LogP contribution in [0.3, 0.4) is 0 Å². The van der Waals surface area contributed by atoms with Crippen molar-refractivity contribution in [1.29, 1.82) is 5.26 Å². The number of nitrogens with zero attached hydrogens (tertiary/aromatic N) is 2. The fourth-order valence-corrected chi connectivity index (χ4v) is 2.44. The average molecular weight is 337 g/mol. The number of rotatable bonds is 7. The fraction of sp³-hybridized carbons (Fsp3) is 0.588. The van der Waals surface area contributed by atoms with Crippen molar-refractivity contribution in [2.45, 2.75) is 40.5 Å². The first-order valence-electron chi connectivity index (χ1n) is 7.38. The third-order valence-corrected chi connectivity index (χ3v) is 4.05. The zero-order valence-electron chi connectivity index (χ0n) is 13.0. The molecule has 1 aromatic rings. The van der Waals surface area contributed by atoms with E-state index in [-0.39, 0.29) is 0 Å². The lowest BCUT2D eigenvalue weighted by atomic mass is 10.1. The summed E-state index contributed by atoms with van der Waals surface area (Å²) in [7, 11) is 0. The van der Waals surface area contributed by atoms with E-state index in [0.717, 1.165) is 17.6 Å². The van der Waals surface area contributed by atoms with Crippen molar-refractivity contribution >= 4 is 21.6 Å². The molecule has 0 aliphatic rings. The predicted molar refractivity (Wildman–Crippen MR) is 90.0 cm³/mol. The molecule has 0 aliphatic carbocycles. The number of benzene rings is 1. The maximum atomic E-state index is 9.01. The van der Waals surface area contributed by atoms with Gasteiger partial charge in [-0.25, -0.2) is 0 Å². The van der Waals surface area contributed by atoms with Gasteiger partial charge in [-0.2, -0.15) is 5.26 Å². The molecule has 0 heterocycles. The molecular formula is C17H25BrN2. The third-order valence-electron chi connectivity index (χ3n) is 3.39. The van der Waals surface area contributed by atoms with Crippen molar-refractivity contribution in [3.8, 4) is 6.07 Å². The van der Waals surface area contributed by atoms with Gasteiger partial charge in [0.15, 0.2) is 0 Å². The highest BCUT2D eigenvalue weighted by atomic mass is 79.9. The SMILES string of the molecule is CC(C)CCN(CCC(C)C)c1ccc(C#N)c(Br)c1. The lowest BCUT2D eigenvalue weighted by Gasteiger charge is -2.27. The molecule has 3 heteroatoms. The maximum absolute atomic E-state index is 9.01. The van der Waals surface area contributed by atoms with Crippen molar-refractivity contribution in [3.05, 3.63) is 28.2 Å². The molecule has 0 atom stereocenters. The van der Waals surface area contributed by atoms with Gasteiger partial charge >= 0.3 is 0 Å². The van der Waals surface area contributed by atoms with Crippen LogP contribution in [0.15, 0.2) is 22.7 Å². The third kappa shape index (κ3) is 5.54. The summed E-state index contributed by atoms with van der Waals surface area (Å²) in [5.41, 5.74) is 1.90. The maximum Gasteiger partial charge on any atom is 0.100 e. The Hall–Kier alpha value is -1.01. The second kappa shape index (κ2) is 8.32. The Balaban J connectivity index is 2.85. The first-order valence-corrected chi connectivity index (χ1v) is 8.18. The molecule has 0 radical (unpaired) electrons. The molecule has 1 aromatic carbocycles. The van der Waals surface area contributed by atoms with E-state index < -0.39 is 0 Å². The standard InChI is InChI=1S/C17H25BrN2/c1-13(2)7-9-20(10-8-14(3)4)16-6-5-15(12-19)17(18)11-16/h5-6,11,13-14H,7-10H2,1-4H3. The van der Waals surface area contributed by atoms with E-state index in [4.69, 9.17) is 5.26 Å². The summed E-state index contributed by atoms with van der Waals surface area (Å²) in [5.74, 6) is 1.41. The van der Waals surface area contributed by atoms with Gasteiger partial charge in [-0.15, -0.1) is 0 Å². The molecule has 0 saturated carbocycles. The first kappa shape index (κ1) is 17.0. The van der Waals surface area contributed by atoms with Crippen LogP contribution in [0.1, 0.15) is 46.1 Å². The zero-order valence-corrected chi connectivity index (χ0v) is 14.6. The Morgan fingerprint density at radius 3 is 2.05 bits per heavy atom. The van der Waals surface area contributed by atoms with Crippen LogP contribution < -0.4 is 4.90 Å². The Bertz CT molecular complexity index is 449. The minimum absolute atomic E-state index is 0.696. The molecule has 2 nitrogen and oxygen atoms in total. The fourth-order valence-electron chi connectivity index (χ4n) is 1.99. The topological polar surface area (TPSA) is 27.0 Å². The van der Waals surface area contributed by atoms with Crippen molar-refractivity contribution in [1.82, 2.24) is 0 Å². The molecule has 20 heavy (non-hydrogen) atoms. The number of hydrogen-bond acceptors (Lipinski definition) is 2. The zero-order chi connectivity index (χ0) is 15.1. The summed E-state index contributed by atoms with van der Waals surface area (Å²) in [6.07, 6.45) is 2.38. The van der Waals surface area contributed by atoms with Crippen LogP contribution in [0.4, 0.5) is 5.69 Å². The molecule has 0 aromatic heterocycles. The summed E-state index contributed by atoms with van der Waals surface area (Å²) < 4.78 is 0.886. The first-order chi connectivity index (χ1) is 9.43. The van der Waals surface area contributed by atoms with Gasteiger partial charge in [-0.3, -0.25) is 0 Å². The molecule has 0 aliphatic heterocycles. The molecule has 0 unspecified atom stereocenters. The van der Waals surface area contributed by atoms with Gasteiger partial charge in [-0.05, 0) is 58.8 Å². The molecule has 0 amide bonds. The predicted octanol–water partition coefficient (Wildman–Crippen LogP) is 5.22. The summed E-state index contributed by atoms with van der Waals surface area (Å²) in [6.45, 7) is 11.2. The largest absolute Gasteiger partial charge is 0.371 e. The average Bonchev–Trinajstić information content (AvgIpc) is 2.38. The molecule has 1 rings (SSSR count). The normalized spacial score (nSPS) is 10.9. The molecule has 0 fully saturated rings. The van der Waals surface area contributed by atoms with Crippen molar-refractivity contribution in [2.24, 2.45) is 11.8 Å². The highest BCUT2D eigenvalue weighted by molar-refractivity contribution is 9.10. The van der Waals surface area contributed by atoms with Gasteiger partial charge in [-0.1, -0.05) is 27.7 Å². The van der Waals surface area contributed by atoms with Gasteiger partial charge in [0.2, 0.25) is 0 Å². The van der Waals surface area contributed by atoms with Gasteiger partial charge < -0.3 is 4.90 Å². The van der Waals surface area contributed by atoms with Crippen LogP contribution in [0.25, 0.3) is 0 Å². The van der Waals surface area contributed by atoms with E-state index in [0.29, 0.717) is 17.4 Å². The van der Waals surface area contributed by atoms with Crippen molar-refractivity contribution in [3.63, 3.8) is 0 Å².